The predicted octanol–water partition coefficient (Wildman–Crippen LogP) is 3.44. The summed E-state index contributed by atoms with van der Waals surface area (Å²) in [5.74, 6) is -0.956. The van der Waals surface area contributed by atoms with Crippen LogP contribution in [0.15, 0.2) is 30.3 Å². The van der Waals surface area contributed by atoms with Gasteiger partial charge in [0.15, 0.2) is 0 Å². The van der Waals surface area contributed by atoms with Crippen LogP contribution in [0.3, 0.4) is 0 Å². The van der Waals surface area contributed by atoms with Crippen molar-refractivity contribution in [2.24, 2.45) is 5.92 Å². The van der Waals surface area contributed by atoms with Crippen molar-refractivity contribution >= 4 is 12.0 Å². The maximum atomic E-state index is 12.8. The van der Waals surface area contributed by atoms with Gasteiger partial charge in [0.1, 0.15) is 0 Å². The molecule has 1 aliphatic carbocycles. The molecule has 2 aliphatic rings. The summed E-state index contributed by atoms with van der Waals surface area (Å²) in [6, 6.07) is 10.4. The molecule has 1 aromatic carbocycles. The van der Waals surface area contributed by atoms with Gasteiger partial charge in [-0.3, -0.25) is 4.79 Å². The molecule has 5 heteroatoms. The van der Waals surface area contributed by atoms with Crippen molar-refractivity contribution in [1.29, 1.82) is 0 Å². The van der Waals surface area contributed by atoms with E-state index < -0.39 is 5.97 Å². The molecule has 0 aromatic heterocycles. The van der Waals surface area contributed by atoms with Crippen molar-refractivity contribution in [1.82, 2.24) is 10.2 Å². The third-order valence-electron chi connectivity index (χ3n) is 5.83. The first-order valence-electron chi connectivity index (χ1n) is 9.33. The molecule has 3 rings (SSSR count). The highest BCUT2D eigenvalue weighted by Crippen LogP contribution is 2.33. The Labute approximate surface area is 149 Å². The number of aliphatic carboxylic acids is 1. The van der Waals surface area contributed by atoms with E-state index in [1.54, 1.807) is 0 Å². The number of hydrogen-bond acceptors (Lipinski definition) is 2. The van der Waals surface area contributed by atoms with Crippen LogP contribution in [0, 0.1) is 5.92 Å². The van der Waals surface area contributed by atoms with E-state index >= 15 is 0 Å². The lowest BCUT2D eigenvalue weighted by Gasteiger charge is -2.37. The fourth-order valence-electron chi connectivity index (χ4n) is 4.33. The zero-order chi connectivity index (χ0) is 17.9. The van der Waals surface area contributed by atoms with Crippen LogP contribution in [0.5, 0.6) is 0 Å². The molecule has 5 nitrogen and oxygen atoms in total. The van der Waals surface area contributed by atoms with Crippen LogP contribution < -0.4 is 5.32 Å². The summed E-state index contributed by atoms with van der Waals surface area (Å²) >= 11 is 0. The van der Waals surface area contributed by atoms with Gasteiger partial charge in [0, 0.05) is 18.1 Å². The van der Waals surface area contributed by atoms with E-state index in [1.807, 2.05) is 23.1 Å². The molecular formula is C20H28N2O3. The monoisotopic (exact) mass is 344 g/mol. The van der Waals surface area contributed by atoms with E-state index in [1.165, 1.54) is 5.56 Å². The van der Waals surface area contributed by atoms with Crippen LogP contribution >= 0.6 is 0 Å². The van der Waals surface area contributed by atoms with Gasteiger partial charge in [-0.1, -0.05) is 30.3 Å². The number of amides is 2. The third kappa shape index (κ3) is 4.14. The van der Waals surface area contributed by atoms with Gasteiger partial charge in [0.25, 0.3) is 0 Å². The van der Waals surface area contributed by atoms with Crippen LogP contribution in [0.4, 0.5) is 4.79 Å². The number of carbonyl (C=O) groups is 2. The number of carboxylic acid groups (broad SMARTS) is 1. The summed E-state index contributed by atoms with van der Waals surface area (Å²) in [7, 11) is 0. The second kappa shape index (κ2) is 7.46. The number of carboxylic acids is 1. The number of rotatable bonds is 4. The molecule has 2 N–H and O–H groups in total. The largest absolute Gasteiger partial charge is 0.481 e. The number of hydrogen-bond donors (Lipinski definition) is 2. The highest BCUT2D eigenvalue weighted by Gasteiger charge is 2.40. The van der Waals surface area contributed by atoms with Crippen LogP contribution in [-0.2, 0) is 11.2 Å². The van der Waals surface area contributed by atoms with Crippen molar-refractivity contribution < 1.29 is 14.7 Å². The predicted molar refractivity (Wildman–Crippen MR) is 96.4 cm³/mol. The lowest BCUT2D eigenvalue weighted by atomic mass is 9.86. The molecule has 0 radical (unpaired) electrons. The minimum atomic E-state index is -0.709. The fourth-order valence-corrected chi connectivity index (χ4v) is 4.33. The topological polar surface area (TPSA) is 69.6 Å². The molecule has 136 valence electrons. The summed E-state index contributed by atoms with van der Waals surface area (Å²) in [4.78, 5) is 25.9. The number of benzene rings is 1. The Kier molecular flexibility index (Phi) is 5.30. The Bertz CT molecular complexity index is 611. The van der Waals surface area contributed by atoms with Crippen molar-refractivity contribution in [3.63, 3.8) is 0 Å². The molecule has 0 spiro atoms. The van der Waals surface area contributed by atoms with E-state index in [2.05, 4.69) is 24.4 Å². The van der Waals surface area contributed by atoms with Gasteiger partial charge in [-0.2, -0.15) is 0 Å². The molecular weight excluding hydrogens is 316 g/mol. The molecule has 1 unspecified atom stereocenters. The molecule has 2 fully saturated rings. The van der Waals surface area contributed by atoms with E-state index in [-0.39, 0.29) is 23.5 Å². The zero-order valence-corrected chi connectivity index (χ0v) is 14.9. The van der Waals surface area contributed by atoms with Gasteiger partial charge in [-0.15, -0.1) is 0 Å². The Balaban J connectivity index is 1.58. The van der Waals surface area contributed by atoms with Gasteiger partial charge in [-0.05, 0) is 57.4 Å². The third-order valence-corrected chi connectivity index (χ3v) is 5.83. The number of carbonyl (C=O) groups excluding carboxylic acids is 1. The van der Waals surface area contributed by atoms with Crippen LogP contribution in [0.1, 0.15) is 51.0 Å². The van der Waals surface area contributed by atoms with Crippen LogP contribution in [-0.4, -0.2) is 40.1 Å². The minimum Gasteiger partial charge on any atom is -0.481 e. The summed E-state index contributed by atoms with van der Waals surface area (Å²) in [6.07, 6.45) is 5.73. The quantitative estimate of drug-likeness (QED) is 0.879. The van der Waals surface area contributed by atoms with Crippen molar-refractivity contribution in [2.45, 2.75) is 63.5 Å². The van der Waals surface area contributed by atoms with Gasteiger partial charge >= 0.3 is 12.0 Å². The zero-order valence-electron chi connectivity index (χ0n) is 14.9. The smallest absolute Gasteiger partial charge is 0.318 e. The molecule has 1 heterocycles. The molecule has 1 aliphatic heterocycles. The maximum Gasteiger partial charge on any atom is 0.318 e. The van der Waals surface area contributed by atoms with Gasteiger partial charge in [0.2, 0.25) is 0 Å². The highest BCUT2D eigenvalue weighted by molar-refractivity contribution is 5.76. The van der Waals surface area contributed by atoms with Gasteiger partial charge < -0.3 is 15.3 Å². The summed E-state index contributed by atoms with van der Waals surface area (Å²) < 4.78 is 0. The number of nitrogens with one attached hydrogen (secondary N) is 1. The van der Waals surface area contributed by atoms with E-state index in [0.29, 0.717) is 12.8 Å². The van der Waals surface area contributed by atoms with Crippen molar-refractivity contribution in [2.75, 3.05) is 6.54 Å². The van der Waals surface area contributed by atoms with Crippen molar-refractivity contribution in [3.05, 3.63) is 35.9 Å². The second-order valence-corrected chi connectivity index (χ2v) is 7.75. The maximum absolute atomic E-state index is 12.8. The fraction of sp³-hybridized carbons (Fsp3) is 0.600. The Morgan fingerprint density at radius 3 is 2.52 bits per heavy atom. The lowest BCUT2D eigenvalue weighted by Crippen LogP contribution is -2.53. The molecule has 1 saturated carbocycles. The van der Waals surface area contributed by atoms with E-state index in [4.69, 9.17) is 5.11 Å². The first-order valence-corrected chi connectivity index (χ1v) is 9.33. The van der Waals surface area contributed by atoms with Gasteiger partial charge in [-0.25, -0.2) is 4.79 Å². The van der Waals surface area contributed by atoms with Crippen molar-refractivity contribution in [3.8, 4) is 0 Å². The second-order valence-electron chi connectivity index (χ2n) is 7.75. The number of nitrogens with zero attached hydrogens (tertiary/aromatic N) is 1. The van der Waals surface area contributed by atoms with Gasteiger partial charge in [0.05, 0.1) is 5.92 Å². The molecule has 0 bridgehead atoms. The summed E-state index contributed by atoms with van der Waals surface area (Å²) in [6.45, 7) is 2.97. The normalized spacial score (nSPS) is 29.4. The molecule has 2 amide bonds. The Morgan fingerprint density at radius 2 is 1.88 bits per heavy atom. The Morgan fingerprint density at radius 1 is 1.20 bits per heavy atom. The molecule has 1 saturated heterocycles. The number of urea groups is 1. The number of likely N-dealkylation sites (tertiary alicyclic amines) is 1. The lowest BCUT2D eigenvalue weighted by molar-refractivity contribution is -0.142. The highest BCUT2D eigenvalue weighted by atomic mass is 16.4. The average molecular weight is 344 g/mol. The average Bonchev–Trinajstić information content (AvgIpc) is 2.97. The minimum absolute atomic E-state index is 0.00899. The standard InChI is InChI=1S/C20H28N2O3/c1-20(14-15-6-3-2-4-7-15)12-5-13-22(20)19(25)21-17-10-8-16(9-11-17)18(23)24/h2-4,6-7,16-17H,5,8-14H2,1H3,(H,21,25)(H,23,24). The molecule has 1 atom stereocenters. The summed E-state index contributed by atoms with van der Waals surface area (Å²) in [5.41, 5.74) is 1.11. The van der Waals surface area contributed by atoms with Crippen LogP contribution in [0.25, 0.3) is 0 Å². The molecule has 1 aromatic rings. The van der Waals surface area contributed by atoms with Crippen LogP contribution in [0.2, 0.25) is 0 Å². The first kappa shape index (κ1) is 17.8. The van der Waals surface area contributed by atoms with E-state index in [0.717, 1.165) is 38.6 Å². The molecule has 25 heavy (non-hydrogen) atoms. The summed E-state index contributed by atoms with van der Waals surface area (Å²) in [5, 5.41) is 12.2. The van der Waals surface area contributed by atoms with E-state index in [9.17, 15) is 9.59 Å². The first-order chi connectivity index (χ1) is 12.0. The SMILES string of the molecule is CC1(Cc2ccccc2)CCCN1C(=O)NC1CCC(C(=O)O)CC1. The Hall–Kier alpha value is -2.04.